The number of aromatic hydroxyl groups is 1. The van der Waals surface area contributed by atoms with Crippen molar-refractivity contribution in [3.63, 3.8) is 0 Å². The highest BCUT2D eigenvalue weighted by Gasteiger charge is 2.34. The molecule has 2 aliphatic heterocycles. The molecule has 2 aromatic rings. The number of benzene rings is 2. The molecule has 0 fully saturated rings. The molecule has 0 aliphatic carbocycles. The van der Waals surface area contributed by atoms with Crippen LogP contribution in [-0.4, -0.2) is 81.4 Å². The summed E-state index contributed by atoms with van der Waals surface area (Å²) in [5, 5.41) is 10.5. The third-order valence-corrected chi connectivity index (χ3v) is 14.0. The molecular weight excluding hydrogens is 774 g/mol. The zero-order chi connectivity index (χ0) is 42.2. The van der Waals surface area contributed by atoms with Gasteiger partial charge in [-0.05, 0) is 96.7 Å². The van der Waals surface area contributed by atoms with Crippen molar-refractivity contribution in [2.45, 2.75) is 105 Å². The number of ether oxygens (including phenoxy) is 5. The van der Waals surface area contributed by atoms with Crippen molar-refractivity contribution in [1.82, 2.24) is 0 Å². The van der Waals surface area contributed by atoms with Gasteiger partial charge in [-0.15, -0.1) is 0 Å². The summed E-state index contributed by atoms with van der Waals surface area (Å²) in [6.45, 7) is 19.3. The maximum atomic E-state index is 12.5. The van der Waals surface area contributed by atoms with Crippen LogP contribution in [0.3, 0.4) is 0 Å². The van der Waals surface area contributed by atoms with Crippen molar-refractivity contribution in [2.75, 3.05) is 46.5 Å². The number of rotatable bonds is 18. The van der Waals surface area contributed by atoms with Gasteiger partial charge in [0, 0.05) is 36.5 Å². The first kappa shape index (κ1) is 47.0. The van der Waals surface area contributed by atoms with Gasteiger partial charge in [0.2, 0.25) is 0 Å². The Bertz CT molecular complexity index is 1930. The van der Waals surface area contributed by atoms with Crippen molar-refractivity contribution in [1.29, 1.82) is 0 Å². The van der Waals surface area contributed by atoms with Crippen molar-refractivity contribution < 1.29 is 57.3 Å². The Labute approximate surface area is 333 Å². The van der Waals surface area contributed by atoms with E-state index in [1.165, 1.54) is 12.7 Å². The van der Waals surface area contributed by atoms with Crippen LogP contribution in [0, 0.1) is 13.8 Å². The van der Waals surface area contributed by atoms with Crippen LogP contribution in [0.4, 0.5) is 0 Å². The summed E-state index contributed by atoms with van der Waals surface area (Å²) < 4.78 is 50.7. The van der Waals surface area contributed by atoms with E-state index in [1.807, 2.05) is 40.2 Å². The quantitative estimate of drug-likeness (QED) is 0.0563. The molecule has 0 unspecified atom stereocenters. The first-order chi connectivity index (χ1) is 26.0. The number of fused-ring (bicyclic) bond motifs is 2. The Balaban J connectivity index is 0.000000307. The van der Waals surface area contributed by atoms with Crippen LogP contribution in [-0.2, 0) is 44.7 Å². The summed E-state index contributed by atoms with van der Waals surface area (Å²) in [7, 11) is -4.07. The lowest BCUT2D eigenvalue weighted by atomic mass is 9.94. The molecule has 0 bridgehead atoms. The van der Waals surface area contributed by atoms with Gasteiger partial charge in [0.15, 0.2) is 0 Å². The predicted molar refractivity (Wildman–Crippen MR) is 224 cm³/mol. The number of hydrogen-bond acceptors (Lipinski definition) is 10. The molecule has 3 N–H and O–H groups in total. The zero-order valence-corrected chi connectivity index (χ0v) is 37.8. The molecule has 2 aromatic carbocycles. The normalized spacial score (nSPS) is 14.4. The van der Waals surface area contributed by atoms with Gasteiger partial charge in [0.25, 0.3) is 0 Å². The predicted octanol–water partition coefficient (Wildman–Crippen LogP) is 9.11. The third kappa shape index (κ3) is 13.1. The van der Waals surface area contributed by atoms with Gasteiger partial charge in [0.1, 0.15) is 47.3 Å². The molecule has 0 saturated heterocycles. The summed E-state index contributed by atoms with van der Waals surface area (Å²) >= 11 is 0. The van der Waals surface area contributed by atoms with Gasteiger partial charge in [-0.1, -0.05) is 42.9 Å². The molecule has 0 spiro atoms. The maximum absolute atomic E-state index is 12.5. The van der Waals surface area contributed by atoms with Crippen molar-refractivity contribution >= 4 is 34.8 Å². The van der Waals surface area contributed by atoms with E-state index in [9.17, 15) is 23.8 Å². The van der Waals surface area contributed by atoms with Crippen LogP contribution < -0.4 is 14.2 Å². The molecule has 4 rings (SSSR count). The number of phenols is 1. The smallest absolute Gasteiger partial charge is 0.342 e. The van der Waals surface area contributed by atoms with Crippen LogP contribution in [0.15, 0.2) is 23.3 Å². The van der Waals surface area contributed by atoms with Crippen LogP contribution in [0.25, 0.3) is 0 Å². The zero-order valence-electron chi connectivity index (χ0n) is 35.1. The minimum absolute atomic E-state index is 0.126. The molecule has 12 nitrogen and oxygen atoms in total. The fourth-order valence-electron chi connectivity index (χ4n) is 6.72. The molecular formula is C41H62O12P2Si. The minimum Gasteiger partial charge on any atom is -0.507 e. The van der Waals surface area contributed by atoms with Gasteiger partial charge in [0.05, 0.1) is 34.1 Å². The average Bonchev–Trinajstić information content (AvgIpc) is 3.67. The van der Waals surface area contributed by atoms with E-state index in [-0.39, 0.29) is 36.7 Å². The maximum Gasteiger partial charge on any atom is 0.342 e. The number of hydrogen-bond donors (Lipinski definition) is 3. The number of allylic oxidation sites excluding steroid dienone is 4. The summed E-state index contributed by atoms with van der Waals surface area (Å²) in [6, 6.07) is 1.01. The lowest BCUT2D eigenvalue weighted by molar-refractivity contribution is 0.0523. The van der Waals surface area contributed by atoms with E-state index < -0.39 is 28.8 Å². The van der Waals surface area contributed by atoms with Gasteiger partial charge >= 0.3 is 19.5 Å². The van der Waals surface area contributed by atoms with E-state index in [1.54, 1.807) is 7.11 Å². The molecule has 0 saturated carbocycles. The molecule has 2 heterocycles. The Kier molecular flexibility index (Phi) is 16.7. The molecule has 0 radical (unpaired) electrons. The first-order valence-electron chi connectivity index (χ1n) is 19.0. The summed E-state index contributed by atoms with van der Waals surface area (Å²) in [6.07, 6.45) is 8.35. The summed E-state index contributed by atoms with van der Waals surface area (Å²) in [5.74, 6) is 0.937. The number of carbonyl (C=O) groups excluding carboxylic acids is 2. The molecule has 312 valence electrons. The van der Waals surface area contributed by atoms with E-state index in [4.69, 9.17) is 33.5 Å². The second-order valence-corrected chi connectivity index (χ2v) is 27.4. The second kappa shape index (κ2) is 19.9. The highest BCUT2D eigenvalue weighted by Crippen LogP contribution is 2.44. The van der Waals surface area contributed by atoms with E-state index in [2.05, 4.69) is 32.6 Å². The SMILES string of the molecule is COc1c(C)c2c(c(O)c1C/C=C(\C)CCCP(=O)(O)O)C(=O)OC2.COc1c(C)c2c(c(OCC[Si](C)(C)C)c1C/C=C(\C)CCCP(C)(C)=O)C(=O)OC2. The van der Waals surface area contributed by atoms with Crippen molar-refractivity contribution in [3.8, 4) is 23.0 Å². The second-order valence-electron chi connectivity index (χ2n) is 16.4. The van der Waals surface area contributed by atoms with Crippen LogP contribution in [0.1, 0.15) is 93.6 Å². The topological polar surface area (TPSA) is 175 Å². The number of carbonyl (C=O) groups is 2. The van der Waals surface area contributed by atoms with Gasteiger partial charge < -0.3 is 43.1 Å². The number of cyclic esters (lactones) is 2. The van der Waals surface area contributed by atoms with E-state index in [0.717, 1.165) is 58.6 Å². The van der Waals surface area contributed by atoms with Crippen LogP contribution in [0.2, 0.25) is 25.7 Å². The highest BCUT2D eigenvalue weighted by atomic mass is 31.2. The highest BCUT2D eigenvalue weighted by molar-refractivity contribution is 7.62. The Morgan fingerprint density at radius 3 is 1.71 bits per heavy atom. The van der Waals surface area contributed by atoms with Gasteiger partial charge in [-0.2, -0.15) is 0 Å². The van der Waals surface area contributed by atoms with E-state index in [0.29, 0.717) is 60.5 Å². The fourth-order valence-corrected chi connectivity index (χ4v) is 8.92. The van der Waals surface area contributed by atoms with Crippen LogP contribution in [0.5, 0.6) is 23.0 Å². The lowest BCUT2D eigenvalue weighted by Crippen LogP contribution is -2.23. The monoisotopic (exact) mass is 836 g/mol. The van der Waals surface area contributed by atoms with Crippen molar-refractivity contribution in [3.05, 3.63) is 67.8 Å². The Morgan fingerprint density at radius 2 is 1.23 bits per heavy atom. The molecule has 56 heavy (non-hydrogen) atoms. The van der Waals surface area contributed by atoms with E-state index >= 15 is 0 Å². The average molecular weight is 837 g/mol. The Hall–Kier alpha value is -3.34. The fraction of sp³-hybridized carbons (Fsp3) is 0.561. The molecule has 0 aromatic heterocycles. The van der Waals surface area contributed by atoms with Gasteiger partial charge in [-0.3, -0.25) is 4.57 Å². The standard InChI is InChI=1S/C24H39O5PSi.C17H23O7P/c1-17(10-9-14-30(4,5)26)11-12-19-22(27-3)18(2)20-16-29-24(25)21(20)23(19)28-13-15-31(6,7)8;1-10(5-4-8-25(20,21)22)6-7-12-15(18)14-13(9-24-17(14)19)11(2)16(12)23-3/h11H,9-10,12-16H2,1-8H3;6,18H,4-5,7-9H2,1-3H3,(H2,20,21,22)/b17-11+;10-6+. The Morgan fingerprint density at radius 1 is 0.768 bits per heavy atom. The van der Waals surface area contributed by atoms with Crippen molar-refractivity contribution in [2.24, 2.45) is 0 Å². The number of phenolic OH excluding ortho intramolecular Hbond substituents is 1. The molecule has 0 amide bonds. The summed E-state index contributed by atoms with van der Waals surface area (Å²) in [5.41, 5.74) is 7.58. The first-order valence-corrected chi connectivity index (χ1v) is 27.3. The number of methoxy groups -OCH3 is 2. The molecule has 0 atom stereocenters. The summed E-state index contributed by atoms with van der Waals surface area (Å²) in [4.78, 5) is 42.2. The third-order valence-electron chi connectivity index (χ3n) is 9.97. The van der Waals surface area contributed by atoms with Gasteiger partial charge in [-0.25, -0.2) is 9.59 Å². The molecule has 15 heteroatoms. The largest absolute Gasteiger partial charge is 0.507 e. The lowest BCUT2D eigenvalue weighted by Gasteiger charge is -2.21. The van der Waals surface area contributed by atoms with Crippen LogP contribution >= 0.6 is 14.7 Å². The number of esters is 2. The molecule has 2 aliphatic rings. The minimum atomic E-state index is -3.98.